The van der Waals surface area contributed by atoms with Crippen molar-refractivity contribution in [3.05, 3.63) is 105 Å². The maximum atomic E-state index is 12.8. The van der Waals surface area contributed by atoms with Crippen molar-refractivity contribution in [2.45, 2.75) is 43.6 Å². The molecular weight excluding hydrogens is 550 g/mol. The number of nitrogens with zero attached hydrogens (tertiary/aromatic N) is 1. The second-order valence-electron chi connectivity index (χ2n) is 9.71. The number of aliphatic hydroxyl groups is 1. The number of nitrogens with one attached hydrogen (secondary N) is 1. The molecule has 3 aromatic rings. The number of piperidine rings is 1. The lowest BCUT2D eigenvalue weighted by molar-refractivity contribution is -0.0167. The van der Waals surface area contributed by atoms with Crippen molar-refractivity contribution >= 4 is 53.2 Å². The zero-order valence-corrected chi connectivity index (χ0v) is 23.8. The Morgan fingerprint density at radius 1 is 0.865 bits per heavy atom. The fourth-order valence-electron chi connectivity index (χ4n) is 4.97. The fraction of sp³-hybridized carbons (Fsp3) is 0.345. The molecule has 3 aromatic carbocycles. The van der Waals surface area contributed by atoms with Gasteiger partial charge in [-0.15, -0.1) is 12.4 Å². The molecule has 8 heteroatoms. The number of halogens is 4. The average molecular weight is 582 g/mol. The molecular formula is C29H32Cl4N2O2. The maximum Gasteiger partial charge on any atom is 0.317 e. The minimum atomic E-state index is -0.930. The van der Waals surface area contributed by atoms with Gasteiger partial charge in [-0.25, -0.2) is 4.79 Å². The Kier molecular flexibility index (Phi) is 10.2. The molecule has 0 spiro atoms. The second kappa shape index (κ2) is 12.7. The lowest BCUT2D eigenvalue weighted by atomic mass is 9.73. The fourth-order valence-corrected chi connectivity index (χ4v) is 5.35. The summed E-state index contributed by atoms with van der Waals surface area (Å²) in [6.07, 6.45) is 2.63. The van der Waals surface area contributed by atoms with Gasteiger partial charge < -0.3 is 15.3 Å². The van der Waals surface area contributed by atoms with E-state index in [2.05, 4.69) is 36.5 Å². The highest BCUT2D eigenvalue weighted by Gasteiger charge is 2.35. The number of benzene rings is 3. The van der Waals surface area contributed by atoms with E-state index in [0.717, 1.165) is 29.5 Å². The molecule has 1 fully saturated rings. The lowest BCUT2D eigenvalue weighted by Crippen LogP contribution is -2.49. The Balaban J connectivity index is 0.00000380. The number of amides is 2. The Morgan fingerprint density at radius 2 is 1.30 bits per heavy atom. The molecule has 1 aliphatic rings. The number of urea groups is 1. The van der Waals surface area contributed by atoms with E-state index in [9.17, 15) is 9.90 Å². The van der Waals surface area contributed by atoms with Crippen LogP contribution in [0.1, 0.15) is 49.3 Å². The van der Waals surface area contributed by atoms with Gasteiger partial charge >= 0.3 is 6.03 Å². The molecule has 4 nitrogen and oxygen atoms in total. The van der Waals surface area contributed by atoms with E-state index in [1.54, 1.807) is 17.0 Å². The topological polar surface area (TPSA) is 52.6 Å². The first-order valence-electron chi connectivity index (χ1n) is 12.2. The molecule has 0 radical (unpaired) electrons. The quantitative estimate of drug-likeness (QED) is 0.279. The van der Waals surface area contributed by atoms with E-state index in [0.29, 0.717) is 47.5 Å². The highest BCUT2D eigenvalue weighted by Crippen LogP contribution is 2.37. The summed E-state index contributed by atoms with van der Waals surface area (Å²) in [7, 11) is 0. The molecule has 2 amide bonds. The zero-order valence-electron chi connectivity index (χ0n) is 20.7. The smallest absolute Gasteiger partial charge is 0.317 e. The van der Waals surface area contributed by atoms with Gasteiger partial charge in [0.25, 0.3) is 0 Å². The van der Waals surface area contributed by atoms with Crippen LogP contribution >= 0.6 is 47.2 Å². The molecule has 1 aliphatic heterocycles. The van der Waals surface area contributed by atoms with Crippen LogP contribution in [0.4, 0.5) is 4.79 Å². The Morgan fingerprint density at radius 3 is 1.76 bits per heavy atom. The van der Waals surface area contributed by atoms with Crippen LogP contribution in [0, 0.1) is 0 Å². The largest absolute Gasteiger partial charge is 0.385 e. The molecule has 0 aliphatic carbocycles. The van der Waals surface area contributed by atoms with Gasteiger partial charge in [-0.1, -0.05) is 78.1 Å². The minimum Gasteiger partial charge on any atom is -0.385 e. The van der Waals surface area contributed by atoms with Crippen LogP contribution < -0.4 is 5.32 Å². The molecule has 0 atom stereocenters. The van der Waals surface area contributed by atoms with E-state index in [-0.39, 0.29) is 23.9 Å². The van der Waals surface area contributed by atoms with Crippen molar-refractivity contribution in [3.63, 3.8) is 0 Å². The van der Waals surface area contributed by atoms with E-state index in [1.807, 2.05) is 36.4 Å². The molecule has 37 heavy (non-hydrogen) atoms. The van der Waals surface area contributed by atoms with E-state index < -0.39 is 5.60 Å². The van der Waals surface area contributed by atoms with Gasteiger partial charge in [0, 0.05) is 40.1 Å². The number of hydrogen-bond acceptors (Lipinski definition) is 2. The lowest BCUT2D eigenvalue weighted by Gasteiger charge is -2.38. The van der Waals surface area contributed by atoms with E-state index in [4.69, 9.17) is 34.8 Å². The summed E-state index contributed by atoms with van der Waals surface area (Å²) < 4.78 is 0. The Labute approximate surface area is 240 Å². The summed E-state index contributed by atoms with van der Waals surface area (Å²) >= 11 is 18.2. The van der Waals surface area contributed by atoms with E-state index >= 15 is 0 Å². The summed E-state index contributed by atoms with van der Waals surface area (Å²) in [6, 6.07) is 23.1. The summed E-state index contributed by atoms with van der Waals surface area (Å²) in [5.74, 6) is 0. The van der Waals surface area contributed by atoms with Gasteiger partial charge in [0.05, 0.1) is 5.60 Å². The predicted octanol–water partition coefficient (Wildman–Crippen LogP) is 7.85. The van der Waals surface area contributed by atoms with Crippen molar-refractivity contribution in [3.8, 4) is 0 Å². The summed E-state index contributed by atoms with van der Waals surface area (Å²) in [5, 5.41) is 16.2. The van der Waals surface area contributed by atoms with Crippen molar-refractivity contribution < 1.29 is 9.90 Å². The first-order chi connectivity index (χ1) is 17.2. The van der Waals surface area contributed by atoms with Gasteiger partial charge in [-0.2, -0.15) is 0 Å². The van der Waals surface area contributed by atoms with E-state index in [1.165, 1.54) is 0 Å². The number of likely N-dealkylation sites (tertiary alicyclic amines) is 1. The molecule has 198 valence electrons. The number of rotatable bonds is 7. The molecule has 0 aromatic heterocycles. The van der Waals surface area contributed by atoms with Gasteiger partial charge in [0.15, 0.2) is 0 Å². The number of carbonyl (C=O) groups excluding carboxylic acids is 1. The van der Waals surface area contributed by atoms with Crippen molar-refractivity contribution in [2.75, 3.05) is 19.6 Å². The van der Waals surface area contributed by atoms with Crippen molar-refractivity contribution in [2.24, 2.45) is 0 Å². The molecule has 1 saturated heterocycles. The van der Waals surface area contributed by atoms with Gasteiger partial charge in [-0.3, -0.25) is 0 Å². The normalized spacial score (nSPS) is 15.1. The minimum absolute atomic E-state index is 0. The van der Waals surface area contributed by atoms with Crippen LogP contribution in [0.15, 0.2) is 72.8 Å². The van der Waals surface area contributed by atoms with Crippen LogP contribution in [-0.4, -0.2) is 35.7 Å². The van der Waals surface area contributed by atoms with Crippen LogP contribution in [0.3, 0.4) is 0 Å². The molecule has 4 rings (SSSR count). The SMILES string of the molecule is CC(CCCNC(=O)N1CCC(O)(c2ccc(Cl)cc2)CC1)(c1ccc(Cl)cc1)c1ccc(Cl)cc1.Cl. The molecule has 0 unspecified atom stereocenters. The molecule has 0 bridgehead atoms. The first-order valence-corrected chi connectivity index (χ1v) is 13.4. The summed E-state index contributed by atoms with van der Waals surface area (Å²) in [5.41, 5.74) is 1.99. The van der Waals surface area contributed by atoms with Crippen LogP contribution in [-0.2, 0) is 11.0 Å². The van der Waals surface area contributed by atoms with Crippen LogP contribution in [0.2, 0.25) is 15.1 Å². The highest BCUT2D eigenvalue weighted by atomic mass is 35.5. The highest BCUT2D eigenvalue weighted by molar-refractivity contribution is 6.31. The number of carbonyl (C=O) groups is 1. The van der Waals surface area contributed by atoms with Crippen molar-refractivity contribution in [1.82, 2.24) is 10.2 Å². The van der Waals surface area contributed by atoms with Gasteiger partial charge in [0.1, 0.15) is 0 Å². The predicted molar refractivity (Wildman–Crippen MR) is 155 cm³/mol. The zero-order chi connectivity index (χ0) is 25.8. The van der Waals surface area contributed by atoms with Crippen LogP contribution in [0.25, 0.3) is 0 Å². The average Bonchev–Trinajstić information content (AvgIpc) is 2.88. The van der Waals surface area contributed by atoms with Crippen molar-refractivity contribution in [1.29, 1.82) is 0 Å². The first kappa shape index (κ1) is 29.6. The van der Waals surface area contributed by atoms with Gasteiger partial charge in [-0.05, 0) is 78.8 Å². The van der Waals surface area contributed by atoms with Crippen LogP contribution in [0.5, 0.6) is 0 Å². The Hall–Kier alpha value is -1.95. The summed E-state index contributed by atoms with van der Waals surface area (Å²) in [4.78, 5) is 14.6. The second-order valence-corrected chi connectivity index (χ2v) is 11.0. The van der Waals surface area contributed by atoms with Gasteiger partial charge in [0.2, 0.25) is 0 Å². The third-order valence-corrected chi connectivity index (χ3v) is 8.11. The Bertz CT molecular complexity index is 1110. The molecule has 0 saturated carbocycles. The molecule has 2 N–H and O–H groups in total. The maximum absolute atomic E-state index is 12.8. The third kappa shape index (κ3) is 7.13. The monoisotopic (exact) mass is 580 g/mol. The standard InChI is InChI=1S/C29H31Cl3N2O2.ClH/c1-28(21-3-9-24(30)10-4-21,22-5-11-25(31)12-6-22)15-2-18-33-27(35)34-19-16-29(36,17-20-34)23-7-13-26(32)14-8-23;/h3-14,36H,2,15-20H2,1H3,(H,33,35);1H. The third-order valence-electron chi connectivity index (χ3n) is 7.35. The molecule has 1 heterocycles. The number of hydrogen-bond donors (Lipinski definition) is 2. The summed E-state index contributed by atoms with van der Waals surface area (Å²) in [6.45, 7) is 3.77.